The number of hydrogen-bond acceptors (Lipinski definition) is 5. The Kier molecular flexibility index (Phi) is 5.18. The van der Waals surface area contributed by atoms with Crippen LogP contribution in [0.2, 0.25) is 0 Å². The van der Waals surface area contributed by atoms with Gasteiger partial charge in [0, 0.05) is 18.1 Å². The Hall–Kier alpha value is -3.58. The molecule has 0 aliphatic carbocycles. The average Bonchev–Trinajstić information content (AvgIpc) is 3.42. The van der Waals surface area contributed by atoms with Gasteiger partial charge in [0.05, 0.1) is 26.0 Å². The molecule has 0 radical (unpaired) electrons. The smallest absolute Gasteiger partial charge is 0.287 e. The highest BCUT2D eigenvalue weighted by Gasteiger charge is 2.26. The first kappa shape index (κ1) is 19.4. The number of para-hydroxylation sites is 1. The van der Waals surface area contributed by atoms with E-state index < -0.39 is 0 Å². The average molecular weight is 417 g/mol. The van der Waals surface area contributed by atoms with Crippen molar-refractivity contribution < 1.29 is 18.7 Å². The summed E-state index contributed by atoms with van der Waals surface area (Å²) in [7, 11) is 1.58. The number of carbonyl (C=O) groups excluding carboxylic acids is 1. The molecule has 1 unspecified atom stereocenters. The van der Waals surface area contributed by atoms with Crippen molar-refractivity contribution in [1.82, 2.24) is 15.1 Å². The topological polar surface area (TPSA) is 78.5 Å². The third-order valence-electron chi connectivity index (χ3n) is 5.45. The fraction of sp³-hybridized carbons (Fsp3) is 0.250. The predicted molar refractivity (Wildman–Crippen MR) is 115 cm³/mol. The zero-order chi connectivity index (χ0) is 21.2. The second kappa shape index (κ2) is 8.28. The van der Waals surface area contributed by atoms with Crippen LogP contribution in [0.5, 0.6) is 5.75 Å². The van der Waals surface area contributed by atoms with Gasteiger partial charge < -0.3 is 19.2 Å². The monoisotopic (exact) mass is 417 g/mol. The minimum Gasteiger partial charge on any atom is -0.493 e. The van der Waals surface area contributed by atoms with Crippen molar-refractivity contribution in [2.45, 2.75) is 19.1 Å². The molecule has 3 heterocycles. The zero-order valence-electron chi connectivity index (χ0n) is 17.2. The van der Waals surface area contributed by atoms with Crippen molar-refractivity contribution in [3.05, 3.63) is 83.4 Å². The van der Waals surface area contributed by atoms with E-state index in [1.54, 1.807) is 19.2 Å². The van der Waals surface area contributed by atoms with Gasteiger partial charge in [-0.2, -0.15) is 5.10 Å². The summed E-state index contributed by atoms with van der Waals surface area (Å²) in [5, 5.41) is 8.47. The molecule has 0 saturated carbocycles. The van der Waals surface area contributed by atoms with Gasteiger partial charge in [0.15, 0.2) is 17.1 Å². The second-order valence-corrected chi connectivity index (χ2v) is 7.53. The zero-order valence-corrected chi connectivity index (χ0v) is 17.2. The van der Waals surface area contributed by atoms with Gasteiger partial charge in [0.25, 0.3) is 5.91 Å². The molecule has 1 aliphatic heterocycles. The minimum absolute atomic E-state index is 0.241. The number of amides is 1. The van der Waals surface area contributed by atoms with Gasteiger partial charge in [-0.1, -0.05) is 42.5 Å². The van der Waals surface area contributed by atoms with Gasteiger partial charge in [-0.25, -0.2) is 0 Å². The standard InChI is InChI=1S/C24H23N3O4/c1-29-19-9-5-8-17-12-20(31-23(17)19)24(28)25-13-21-22-18(10-11-30-21)15-27(26-22)14-16-6-3-2-4-7-16/h2-9,12,15,21H,10-11,13-14H2,1H3,(H,25,28). The van der Waals surface area contributed by atoms with Crippen LogP contribution in [0.4, 0.5) is 0 Å². The molecule has 2 aromatic heterocycles. The molecule has 2 aromatic carbocycles. The molecule has 0 bridgehead atoms. The van der Waals surface area contributed by atoms with Crippen LogP contribution in [0.1, 0.15) is 33.5 Å². The van der Waals surface area contributed by atoms with Crippen molar-refractivity contribution in [3.63, 3.8) is 0 Å². The van der Waals surface area contributed by atoms with Crippen LogP contribution in [0, 0.1) is 0 Å². The maximum atomic E-state index is 12.7. The number of methoxy groups -OCH3 is 1. The summed E-state index contributed by atoms with van der Waals surface area (Å²) in [5.74, 6) is 0.545. The van der Waals surface area contributed by atoms with Gasteiger partial charge in [-0.05, 0) is 29.7 Å². The van der Waals surface area contributed by atoms with E-state index in [9.17, 15) is 4.79 Å². The highest BCUT2D eigenvalue weighted by Crippen LogP contribution is 2.29. The normalized spacial score (nSPS) is 15.6. The Morgan fingerprint density at radius 2 is 2.10 bits per heavy atom. The number of nitrogens with zero attached hydrogens (tertiary/aromatic N) is 2. The van der Waals surface area contributed by atoms with Crippen molar-refractivity contribution >= 4 is 16.9 Å². The summed E-state index contributed by atoms with van der Waals surface area (Å²) in [5.41, 5.74) is 3.79. The summed E-state index contributed by atoms with van der Waals surface area (Å²) < 4.78 is 18.9. The molecule has 4 aromatic rings. The first-order chi connectivity index (χ1) is 15.2. The van der Waals surface area contributed by atoms with E-state index >= 15 is 0 Å². The molecule has 0 fully saturated rings. The first-order valence-corrected chi connectivity index (χ1v) is 10.3. The Balaban J connectivity index is 1.29. The fourth-order valence-corrected chi connectivity index (χ4v) is 3.92. The molecule has 1 N–H and O–H groups in total. The van der Waals surface area contributed by atoms with E-state index in [1.807, 2.05) is 35.0 Å². The van der Waals surface area contributed by atoms with Crippen molar-refractivity contribution in [1.29, 1.82) is 0 Å². The van der Waals surface area contributed by atoms with Crippen LogP contribution in [-0.2, 0) is 17.7 Å². The summed E-state index contributed by atoms with van der Waals surface area (Å²) in [4.78, 5) is 12.7. The van der Waals surface area contributed by atoms with Crippen LogP contribution < -0.4 is 10.1 Å². The second-order valence-electron chi connectivity index (χ2n) is 7.53. The lowest BCUT2D eigenvalue weighted by Crippen LogP contribution is -2.31. The van der Waals surface area contributed by atoms with E-state index in [4.69, 9.17) is 19.0 Å². The largest absolute Gasteiger partial charge is 0.493 e. The predicted octanol–water partition coefficient (Wildman–Crippen LogP) is 3.73. The molecule has 158 valence electrons. The SMILES string of the molecule is COc1cccc2cc(C(=O)NCC3OCCc4cn(Cc5ccccc5)nc43)oc12. The van der Waals surface area contributed by atoms with Crippen LogP contribution in [0.25, 0.3) is 11.0 Å². The number of aromatic nitrogens is 2. The highest BCUT2D eigenvalue weighted by atomic mass is 16.5. The molecule has 31 heavy (non-hydrogen) atoms. The van der Waals surface area contributed by atoms with Gasteiger partial charge >= 0.3 is 0 Å². The lowest BCUT2D eigenvalue weighted by Gasteiger charge is -2.22. The maximum Gasteiger partial charge on any atom is 0.287 e. The Bertz CT molecular complexity index is 1210. The summed E-state index contributed by atoms with van der Waals surface area (Å²) >= 11 is 0. The molecule has 5 rings (SSSR count). The summed E-state index contributed by atoms with van der Waals surface area (Å²) in [6, 6.07) is 17.5. The van der Waals surface area contributed by atoms with E-state index in [2.05, 4.69) is 23.6 Å². The number of hydrogen-bond donors (Lipinski definition) is 1. The van der Waals surface area contributed by atoms with Crippen LogP contribution in [0.15, 0.2) is 65.2 Å². The maximum absolute atomic E-state index is 12.7. The number of fused-ring (bicyclic) bond motifs is 2. The Morgan fingerprint density at radius 3 is 2.94 bits per heavy atom. The van der Waals surface area contributed by atoms with Crippen LogP contribution >= 0.6 is 0 Å². The number of ether oxygens (including phenoxy) is 2. The van der Waals surface area contributed by atoms with Gasteiger partial charge in [-0.3, -0.25) is 9.48 Å². The van der Waals surface area contributed by atoms with E-state index in [1.165, 1.54) is 5.56 Å². The Morgan fingerprint density at radius 1 is 1.23 bits per heavy atom. The molecule has 1 amide bonds. The summed E-state index contributed by atoms with van der Waals surface area (Å²) in [6.45, 7) is 1.63. The highest BCUT2D eigenvalue weighted by molar-refractivity contribution is 5.97. The van der Waals surface area contributed by atoms with E-state index in [0.29, 0.717) is 31.0 Å². The van der Waals surface area contributed by atoms with Crippen LogP contribution in [-0.4, -0.2) is 35.9 Å². The van der Waals surface area contributed by atoms with Gasteiger partial charge in [0.2, 0.25) is 0 Å². The Labute approximate surface area is 179 Å². The van der Waals surface area contributed by atoms with Gasteiger partial charge in [0.1, 0.15) is 6.10 Å². The molecular weight excluding hydrogens is 394 g/mol. The molecule has 0 spiro atoms. The molecule has 1 atom stereocenters. The molecule has 7 heteroatoms. The third-order valence-corrected chi connectivity index (χ3v) is 5.45. The number of rotatable bonds is 6. The first-order valence-electron chi connectivity index (χ1n) is 10.3. The minimum atomic E-state index is -0.294. The van der Waals surface area contributed by atoms with Crippen molar-refractivity contribution in [2.75, 3.05) is 20.3 Å². The van der Waals surface area contributed by atoms with Gasteiger partial charge in [-0.15, -0.1) is 0 Å². The molecular formula is C24H23N3O4. The quantitative estimate of drug-likeness (QED) is 0.517. The number of benzene rings is 2. The molecule has 0 saturated heterocycles. The molecule has 1 aliphatic rings. The van der Waals surface area contributed by atoms with E-state index in [-0.39, 0.29) is 17.8 Å². The van der Waals surface area contributed by atoms with Crippen LogP contribution in [0.3, 0.4) is 0 Å². The molecule has 7 nitrogen and oxygen atoms in total. The van der Waals surface area contributed by atoms with E-state index in [0.717, 1.165) is 23.1 Å². The third kappa shape index (κ3) is 3.92. The summed E-state index contributed by atoms with van der Waals surface area (Å²) in [6.07, 6.45) is 2.60. The van der Waals surface area contributed by atoms with Crippen molar-refractivity contribution in [3.8, 4) is 5.75 Å². The lowest BCUT2D eigenvalue weighted by molar-refractivity contribution is 0.0380. The number of nitrogens with one attached hydrogen (secondary N) is 1. The number of furan rings is 1. The van der Waals surface area contributed by atoms with Crippen molar-refractivity contribution in [2.24, 2.45) is 0 Å². The fourth-order valence-electron chi connectivity index (χ4n) is 3.92. The lowest BCUT2D eigenvalue weighted by atomic mass is 10.1. The number of carbonyl (C=O) groups is 1.